The maximum Gasteiger partial charge on any atom is 0.337 e. The van der Waals surface area contributed by atoms with Crippen LogP contribution in [0.2, 0.25) is 0 Å². The predicted octanol–water partition coefficient (Wildman–Crippen LogP) is 1.20. The summed E-state index contributed by atoms with van der Waals surface area (Å²) in [7, 11) is 0. The zero-order valence-electron chi connectivity index (χ0n) is 19.3. The number of Topliss-reactive ketones (excluding diaryl/α,β-unsaturated/α-hetero) is 1. The van der Waals surface area contributed by atoms with E-state index >= 15 is 0 Å². The predicted molar refractivity (Wildman–Crippen MR) is 119 cm³/mol. The Bertz CT molecular complexity index is 973. The largest absolute Gasteiger partial charge is 0.458 e. The van der Waals surface area contributed by atoms with Crippen LogP contribution in [0.15, 0.2) is 47.6 Å². The molecule has 2 N–H and O–H groups in total. The zero-order valence-corrected chi connectivity index (χ0v) is 19.3. The summed E-state index contributed by atoms with van der Waals surface area (Å²) in [4.78, 5) is 49.8. The number of fused-ring (bicyclic) bond motifs is 3. The molecule has 0 aromatic rings. The topological polar surface area (TPSA) is 136 Å². The van der Waals surface area contributed by atoms with E-state index in [4.69, 9.17) is 19.3 Å². The Balaban J connectivity index is 1.81. The molecular formula is C25H30O9. The Labute approximate surface area is 197 Å². The first-order chi connectivity index (χ1) is 16.1. The van der Waals surface area contributed by atoms with Gasteiger partial charge >= 0.3 is 17.9 Å². The molecule has 3 fully saturated rings. The second kappa shape index (κ2) is 10.5. The number of aliphatic hydroxyl groups excluding tert-OH is 2. The van der Waals surface area contributed by atoms with E-state index in [1.54, 1.807) is 0 Å². The number of ether oxygens (including phenoxy) is 3. The van der Waals surface area contributed by atoms with E-state index in [1.165, 1.54) is 19.1 Å². The average molecular weight is 475 g/mol. The molecule has 3 aliphatic rings. The molecule has 0 aromatic heterocycles. The number of hydrogen-bond acceptors (Lipinski definition) is 9. The second-order valence-corrected chi connectivity index (χ2v) is 8.93. The second-order valence-electron chi connectivity index (χ2n) is 8.93. The van der Waals surface area contributed by atoms with Crippen molar-refractivity contribution in [1.29, 1.82) is 0 Å². The van der Waals surface area contributed by atoms with Crippen LogP contribution in [-0.2, 0) is 33.4 Å². The Morgan fingerprint density at radius 2 is 1.79 bits per heavy atom. The molecule has 9 nitrogen and oxygen atoms in total. The van der Waals surface area contributed by atoms with Crippen LogP contribution >= 0.6 is 0 Å². The summed E-state index contributed by atoms with van der Waals surface area (Å²) in [5.41, 5.74) is 0.989. The molecule has 0 radical (unpaired) electrons. The van der Waals surface area contributed by atoms with Gasteiger partial charge in [-0.1, -0.05) is 25.7 Å². The minimum Gasteiger partial charge on any atom is -0.458 e. The minimum atomic E-state index is -0.828. The molecule has 1 heterocycles. The Hall–Kier alpha value is -3.04. The van der Waals surface area contributed by atoms with Gasteiger partial charge in [0.25, 0.3) is 0 Å². The van der Waals surface area contributed by atoms with E-state index in [0.29, 0.717) is 6.42 Å². The summed E-state index contributed by atoms with van der Waals surface area (Å²) in [5, 5.41) is 18.2. The Kier molecular flexibility index (Phi) is 7.89. The molecule has 6 atom stereocenters. The van der Waals surface area contributed by atoms with Crippen LogP contribution in [0, 0.1) is 23.7 Å². The molecule has 0 aromatic carbocycles. The number of carbonyl (C=O) groups excluding carboxylic acids is 4. The van der Waals surface area contributed by atoms with Crippen molar-refractivity contribution >= 4 is 23.7 Å². The van der Waals surface area contributed by atoms with Gasteiger partial charge in [-0.15, -0.1) is 0 Å². The number of aliphatic hydroxyl groups is 2. The lowest BCUT2D eigenvalue weighted by Crippen LogP contribution is -2.38. The SMILES string of the molecule is C=C1C(=O)O[C@H]2[C@H]1[C@H](OC(=O)/C(=C/CO)COC(=O)/C(C)=C/CO)CC(=C)[C@@H]1CC(=O)[C@@H](C)[C@H]21. The first-order valence-electron chi connectivity index (χ1n) is 11.2. The molecule has 9 heteroatoms. The number of carbonyl (C=O) groups is 4. The summed E-state index contributed by atoms with van der Waals surface area (Å²) in [5.74, 6) is -3.50. The van der Waals surface area contributed by atoms with Crippen LogP contribution in [0.5, 0.6) is 0 Å². The summed E-state index contributed by atoms with van der Waals surface area (Å²) in [6.45, 7) is 9.95. The third-order valence-electron chi connectivity index (χ3n) is 6.94. The van der Waals surface area contributed by atoms with Gasteiger partial charge in [-0.3, -0.25) is 4.79 Å². The van der Waals surface area contributed by atoms with Gasteiger partial charge < -0.3 is 24.4 Å². The highest BCUT2D eigenvalue weighted by Gasteiger charge is 2.57. The summed E-state index contributed by atoms with van der Waals surface area (Å²) in [6.07, 6.45) is 1.45. The highest BCUT2D eigenvalue weighted by atomic mass is 16.6. The molecule has 0 bridgehead atoms. The molecule has 2 aliphatic carbocycles. The van der Waals surface area contributed by atoms with Gasteiger partial charge in [0, 0.05) is 35.8 Å². The lowest BCUT2D eigenvalue weighted by atomic mass is 9.79. The fourth-order valence-electron chi connectivity index (χ4n) is 5.05. The summed E-state index contributed by atoms with van der Waals surface area (Å²) < 4.78 is 16.5. The van der Waals surface area contributed by atoms with Crippen LogP contribution < -0.4 is 0 Å². The van der Waals surface area contributed by atoms with Crippen LogP contribution in [0.1, 0.15) is 26.7 Å². The number of rotatable bonds is 7. The normalized spacial score (nSPS) is 31.5. The lowest BCUT2D eigenvalue weighted by molar-refractivity contribution is -0.150. The zero-order chi connectivity index (χ0) is 25.2. The van der Waals surface area contributed by atoms with E-state index in [1.807, 2.05) is 6.92 Å². The van der Waals surface area contributed by atoms with Crippen LogP contribution in [-0.4, -0.2) is 65.9 Å². The van der Waals surface area contributed by atoms with Crippen LogP contribution in [0.25, 0.3) is 0 Å². The van der Waals surface area contributed by atoms with E-state index in [0.717, 1.165) is 5.57 Å². The molecule has 0 unspecified atom stereocenters. The first kappa shape index (κ1) is 25.6. The number of esters is 3. The van der Waals surface area contributed by atoms with Crippen molar-refractivity contribution in [2.24, 2.45) is 23.7 Å². The van der Waals surface area contributed by atoms with Crippen LogP contribution in [0.4, 0.5) is 0 Å². The van der Waals surface area contributed by atoms with Crippen LogP contribution in [0.3, 0.4) is 0 Å². The van der Waals surface area contributed by atoms with Crippen molar-refractivity contribution < 1.29 is 43.6 Å². The van der Waals surface area contributed by atoms with Gasteiger partial charge in [-0.05, 0) is 25.0 Å². The van der Waals surface area contributed by atoms with E-state index in [2.05, 4.69) is 13.2 Å². The highest BCUT2D eigenvalue weighted by molar-refractivity contribution is 5.93. The van der Waals surface area contributed by atoms with Crippen molar-refractivity contribution in [3.05, 3.63) is 47.6 Å². The molecule has 0 amide bonds. The first-order valence-corrected chi connectivity index (χ1v) is 11.2. The van der Waals surface area contributed by atoms with Gasteiger partial charge in [0.2, 0.25) is 0 Å². The fourth-order valence-corrected chi connectivity index (χ4v) is 5.05. The monoisotopic (exact) mass is 474 g/mol. The molecule has 184 valence electrons. The van der Waals surface area contributed by atoms with Gasteiger partial charge in [0.1, 0.15) is 24.6 Å². The van der Waals surface area contributed by atoms with Gasteiger partial charge in [0.15, 0.2) is 0 Å². The average Bonchev–Trinajstić information content (AvgIpc) is 3.21. The van der Waals surface area contributed by atoms with Crippen molar-refractivity contribution in [2.45, 2.75) is 38.9 Å². The molecular weight excluding hydrogens is 444 g/mol. The third-order valence-corrected chi connectivity index (χ3v) is 6.94. The van der Waals surface area contributed by atoms with Crippen molar-refractivity contribution in [1.82, 2.24) is 0 Å². The van der Waals surface area contributed by atoms with Crippen molar-refractivity contribution in [3.8, 4) is 0 Å². The van der Waals surface area contributed by atoms with Crippen molar-refractivity contribution in [3.63, 3.8) is 0 Å². The van der Waals surface area contributed by atoms with Gasteiger partial charge in [-0.2, -0.15) is 0 Å². The third kappa shape index (κ3) is 4.90. The van der Waals surface area contributed by atoms with E-state index in [-0.39, 0.29) is 53.3 Å². The molecule has 3 rings (SSSR count). The quantitative estimate of drug-likeness (QED) is 0.241. The van der Waals surface area contributed by atoms with Crippen molar-refractivity contribution in [2.75, 3.05) is 19.8 Å². The number of hydrogen-bond donors (Lipinski definition) is 2. The Morgan fingerprint density at radius 3 is 2.44 bits per heavy atom. The maximum atomic E-state index is 13.0. The van der Waals surface area contributed by atoms with E-state index < -0.39 is 49.2 Å². The Morgan fingerprint density at radius 1 is 1.12 bits per heavy atom. The number of ketones is 1. The minimum absolute atomic E-state index is 0.0828. The molecule has 0 spiro atoms. The lowest BCUT2D eigenvalue weighted by Gasteiger charge is -2.29. The van der Waals surface area contributed by atoms with E-state index in [9.17, 15) is 24.3 Å². The highest BCUT2D eigenvalue weighted by Crippen LogP contribution is 2.52. The maximum absolute atomic E-state index is 13.0. The molecule has 1 saturated heterocycles. The molecule has 34 heavy (non-hydrogen) atoms. The molecule has 1 aliphatic heterocycles. The standard InChI is InChI=1S/C25H30O9/c1-12(5-7-26)23(29)32-11-16(6-8-27)25(31)33-19-9-13(2)17-10-18(28)14(3)20(17)22-21(19)15(4)24(30)34-22/h5-6,14,17,19-22,26-27H,2,4,7-11H2,1,3H3/b12-5+,16-6+/t14-,17+,19-,20+,21-,22-/m1/s1. The van der Waals surface area contributed by atoms with Gasteiger partial charge in [0.05, 0.1) is 24.7 Å². The molecule has 2 saturated carbocycles. The summed E-state index contributed by atoms with van der Waals surface area (Å²) >= 11 is 0. The van der Waals surface area contributed by atoms with Gasteiger partial charge in [-0.25, -0.2) is 14.4 Å². The smallest absolute Gasteiger partial charge is 0.337 e. The fraction of sp³-hybridized carbons (Fsp3) is 0.520. The summed E-state index contributed by atoms with van der Waals surface area (Å²) in [6, 6.07) is 0.